The van der Waals surface area contributed by atoms with Gasteiger partial charge < -0.3 is 15.7 Å². The van der Waals surface area contributed by atoms with Crippen LogP contribution < -0.4 is 10.6 Å². The van der Waals surface area contributed by atoms with Gasteiger partial charge in [-0.15, -0.1) is 0 Å². The Morgan fingerprint density at radius 2 is 1.46 bits per heavy atom. The van der Waals surface area contributed by atoms with E-state index < -0.39 is 17.7 Å². The van der Waals surface area contributed by atoms with Crippen LogP contribution in [-0.2, 0) is 6.54 Å². The Morgan fingerprint density at radius 1 is 0.829 bits per heavy atom. The summed E-state index contributed by atoms with van der Waals surface area (Å²) in [6, 6.07) is 22.9. The van der Waals surface area contributed by atoms with E-state index in [1.54, 1.807) is 31.2 Å². The topological polar surface area (TPSA) is 61.4 Å². The zero-order chi connectivity index (χ0) is 25.2. The van der Waals surface area contributed by atoms with Gasteiger partial charge in [0.05, 0.1) is 6.10 Å². The van der Waals surface area contributed by atoms with Gasteiger partial charge in [0, 0.05) is 36.7 Å². The van der Waals surface area contributed by atoms with E-state index in [0.29, 0.717) is 35.0 Å². The molecule has 0 heterocycles. The van der Waals surface area contributed by atoms with Crippen molar-refractivity contribution in [3.63, 3.8) is 0 Å². The Hall–Kier alpha value is -3.68. The molecule has 0 saturated heterocycles. The summed E-state index contributed by atoms with van der Waals surface area (Å²) >= 11 is 0. The molecule has 4 aromatic carbocycles. The quantitative estimate of drug-likeness (QED) is 0.344. The van der Waals surface area contributed by atoms with Gasteiger partial charge in [0.25, 0.3) is 5.91 Å². The van der Waals surface area contributed by atoms with Gasteiger partial charge in [0.2, 0.25) is 0 Å². The molecule has 0 aliphatic carbocycles. The fraction of sp³-hybridized carbons (Fsp3) is 0.179. The lowest BCUT2D eigenvalue weighted by molar-refractivity contribution is 0.0917. The first kappa shape index (κ1) is 25.9. The zero-order valence-electron chi connectivity index (χ0n) is 19.3. The van der Waals surface area contributed by atoms with Crippen LogP contribution in [0.4, 0.5) is 13.2 Å². The third-order valence-corrected chi connectivity index (χ3v) is 5.17. The molecule has 0 aliphatic rings. The molecule has 4 nitrogen and oxygen atoms in total. The van der Waals surface area contributed by atoms with Crippen LogP contribution in [0.1, 0.15) is 21.5 Å². The molecular weight excluding hydrogens is 453 g/mol. The molecule has 1 atom stereocenters. The molecule has 0 spiro atoms. The number of halogens is 3. The average Bonchev–Trinajstić information content (AvgIpc) is 2.83. The standard InChI is InChI=1S/C21H21FN2O2.C7H6F2/c22-20-11-10-19(17-8-4-5-9-18(17)20)21(26)24-14-16(25)13-23-12-15-6-2-1-3-7-15;1-5-2-6(8)4-7(9)3-5/h1-11,16,23,25H,12-14H2,(H,24,26);2-4H,1H3. The van der Waals surface area contributed by atoms with Crippen molar-refractivity contribution in [2.45, 2.75) is 19.6 Å². The van der Waals surface area contributed by atoms with Crippen molar-refractivity contribution in [1.29, 1.82) is 0 Å². The maximum atomic E-state index is 13.8. The third kappa shape index (κ3) is 7.95. The van der Waals surface area contributed by atoms with Crippen LogP contribution in [0.25, 0.3) is 10.8 Å². The lowest BCUT2D eigenvalue weighted by atomic mass is 10.0. The Balaban J connectivity index is 0.000000320. The van der Waals surface area contributed by atoms with E-state index in [4.69, 9.17) is 0 Å². The third-order valence-electron chi connectivity index (χ3n) is 5.17. The summed E-state index contributed by atoms with van der Waals surface area (Å²) in [4.78, 5) is 12.4. The van der Waals surface area contributed by atoms with Crippen molar-refractivity contribution >= 4 is 16.7 Å². The number of hydrogen-bond acceptors (Lipinski definition) is 3. The first-order valence-electron chi connectivity index (χ1n) is 11.1. The van der Waals surface area contributed by atoms with Crippen LogP contribution in [0.5, 0.6) is 0 Å². The van der Waals surface area contributed by atoms with Crippen molar-refractivity contribution in [3.05, 3.63) is 119 Å². The van der Waals surface area contributed by atoms with E-state index in [9.17, 15) is 23.1 Å². The number of carbonyl (C=O) groups excluding carboxylic acids is 1. The fourth-order valence-electron chi connectivity index (χ4n) is 3.51. The smallest absolute Gasteiger partial charge is 0.252 e. The Bertz CT molecular complexity index is 1220. The summed E-state index contributed by atoms with van der Waals surface area (Å²) in [5.74, 6) is -1.73. The van der Waals surface area contributed by atoms with Gasteiger partial charge in [-0.3, -0.25) is 4.79 Å². The summed E-state index contributed by atoms with van der Waals surface area (Å²) in [5, 5.41) is 16.9. The summed E-state index contributed by atoms with van der Waals surface area (Å²) < 4.78 is 38.2. The monoisotopic (exact) mass is 480 g/mol. The Labute approximate surface area is 202 Å². The molecule has 0 saturated carbocycles. The van der Waals surface area contributed by atoms with E-state index in [0.717, 1.165) is 11.6 Å². The van der Waals surface area contributed by atoms with Crippen molar-refractivity contribution in [2.75, 3.05) is 13.1 Å². The van der Waals surface area contributed by atoms with Gasteiger partial charge >= 0.3 is 0 Å². The first-order chi connectivity index (χ1) is 16.8. The number of aryl methyl sites for hydroxylation is 1. The number of nitrogens with one attached hydrogen (secondary N) is 2. The molecule has 182 valence electrons. The summed E-state index contributed by atoms with van der Waals surface area (Å²) in [6.07, 6.45) is -0.714. The minimum atomic E-state index is -0.714. The Kier molecular flexibility index (Phi) is 9.40. The molecule has 0 bridgehead atoms. The first-order valence-corrected chi connectivity index (χ1v) is 11.1. The van der Waals surface area contributed by atoms with Crippen LogP contribution in [0.15, 0.2) is 84.9 Å². The number of carbonyl (C=O) groups is 1. The van der Waals surface area contributed by atoms with Gasteiger partial charge in [0.15, 0.2) is 0 Å². The predicted molar refractivity (Wildman–Crippen MR) is 131 cm³/mol. The van der Waals surface area contributed by atoms with Crippen LogP contribution in [-0.4, -0.2) is 30.2 Å². The average molecular weight is 481 g/mol. The normalized spacial score (nSPS) is 11.5. The van der Waals surface area contributed by atoms with E-state index in [-0.39, 0.29) is 18.3 Å². The van der Waals surface area contributed by atoms with Crippen LogP contribution in [0, 0.1) is 24.4 Å². The fourth-order valence-corrected chi connectivity index (χ4v) is 3.51. The van der Waals surface area contributed by atoms with E-state index in [2.05, 4.69) is 10.6 Å². The number of benzene rings is 4. The summed E-state index contributed by atoms with van der Waals surface area (Å²) in [5.41, 5.74) is 2.13. The molecule has 0 aromatic heterocycles. The number of aliphatic hydroxyl groups excluding tert-OH is 1. The molecule has 0 aliphatic heterocycles. The molecular formula is C28H27F3N2O2. The molecule has 1 amide bonds. The number of aliphatic hydroxyl groups is 1. The van der Waals surface area contributed by atoms with E-state index >= 15 is 0 Å². The van der Waals surface area contributed by atoms with Crippen molar-refractivity contribution in [2.24, 2.45) is 0 Å². The maximum absolute atomic E-state index is 13.8. The second-order valence-corrected chi connectivity index (χ2v) is 8.07. The van der Waals surface area contributed by atoms with E-state index in [1.807, 2.05) is 30.3 Å². The summed E-state index contributed by atoms with van der Waals surface area (Å²) in [6.45, 7) is 2.77. The molecule has 35 heavy (non-hydrogen) atoms. The molecule has 4 aromatic rings. The van der Waals surface area contributed by atoms with Gasteiger partial charge in [-0.2, -0.15) is 0 Å². The minimum absolute atomic E-state index is 0.117. The lowest BCUT2D eigenvalue weighted by Crippen LogP contribution is -2.38. The number of hydrogen-bond donors (Lipinski definition) is 3. The van der Waals surface area contributed by atoms with Crippen molar-refractivity contribution < 1.29 is 23.1 Å². The van der Waals surface area contributed by atoms with Gasteiger partial charge in [-0.05, 0) is 47.7 Å². The van der Waals surface area contributed by atoms with Gasteiger partial charge in [-0.25, -0.2) is 13.2 Å². The highest BCUT2D eigenvalue weighted by Crippen LogP contribution is 2.21. The van der Waals surface area contributed by atoms with Crippen molar-refractivity contribution in [1.82, 2.24) is 10.6 Å². The zero-order valence-corrected chi connectivity index (χ0v) is 19.3. The van der Waals surface area contributed by atoms with Crippen LogP contribution in [0.2, 0.25) is 0 Å². The number of amides is 1. The molecule has 1 unspecified atom stereocenters. The molecule has 3 N–H and O–H groups in total. The SMILES string of the molecule is Cc1cc(F)cc(F)c1.O=C(NCC(O)CNCc1ccccc1)c1ccc(F)c2ccccc12. The highest BCUT2D eigenvalue weighted by atomic mass is 19.1. The second-order valence-electron chi connectivity index (χ2n) is 8.07. The van der Waals surface area contributed by atoms with Crippen molar-refractivity contribution in [3.8, 4) is 0 Å². The molecule has 0 fully saturated rings. The Morgan fingerprint density at radius 3 is 2.11 bits per heavy atom. The number of fused-ring (bicyclic) bond motifs is 1. The van der Waals surface area contributed by atoms with Crippen LogP contribution >= 0.6 is 0 Å². The van der Waals surface area contributed by atoms with Gasteiger partial charge in [-0.1, -0.05) is 54.6 Å². The van der Waals surface area contributed by atoms with Crippen LogP contribution in [0.3, 0.4) is 0 Å². The lowest BCUT2D eigenvalue weighted by Gasteiger charge is -2.14. The maximum Gasteiger partial charge on any atom is 0.252 e. The highest BCUT2D eigenvalue weighted by Gasteiger charge is 2.13. The molecule has 7 heteroatoms. The largest absolute Gasteiger partial charge is 0.390 e. The minimum Gasteiger partial charge on any atom is -0.390 e. The number of rotatable bonds is 7. The molecule has 4 rings (SSSR count). The van der Waals surface area contributed by atoms with Gasteiger partial charge in [0.1, 0.15) is 17.5 Å². The van der Waals surface area contributed by atoms with E-state index in [1.165, 1.54) is 24.3 Å². The predicted octanol–water partition coefficient (Wildman–Crippen LogP) is 5.13. The molecule has 0 radical (unpaired) electrons. The second kappa shape index (κ2) is 12.7. The highest BCUT2D eigenvalue weighted by molar-refractivity contribution is 6.07. The summed E-state index contributed by atoms with van der Waals surface area (Å²) in [7, 11) is 0.